The zero-order valence-corrected chi connectivity index (χ0v) is 7.18. The lowest BCUT2D eigenvalue weighted by Crippen LogP contribution is -2.17. The molecule has 9 heteroatoms. The van der Waals surface area contributed by atoms with Crippen LogP contribution < -0.4 is 0 Å². The van der Waals surface area contributed by atoms with Crippen LogP contribution in [0.2, 0.25) is 0 Å². The highest BCUT2D eigenvalue weighted by Crippen LogP contribution is 2.74. The third-order valence-corrected chi connectivity index (χ3v) is 4.66. The molecule has 68 valence electrons. The van der Waals surface area contributed by atoms with E-state index in [1.165, 1.54) is 0 Å². The Hall–Kier alpha value is 0.580. The van der Waals surface area contributed by atoms with Crippen molar-refractivity contribution < 1.29 is 26.3 Å². The van der Waals surface area contributed by atoms with Gasteiger partial charge in [-0.3, -0.25) is 0 Å². The van der Waals surface area contributed by atoms with E-state index in [1.54, 1.807) is 0 Å². The molecule has 0 saturated heterocycles. The topological polar surface area (TPSA) is 0 Å². The Morgan fingerprint density at radius 3 is 1.09 bits per heavy atom. The SMILES string of the molecule is FC(F)(F)P(=S)(S)C(F)(F)F. The minimum absolute atomic E-state index is 2.42. The Bertz CT molecular complexity index is 172. The number of hydrogen-bond acceptors (Lipinski definition) is 1. The highest BCUT2D eigenvalue weighted by atomic mass is 32.9. The van der Waals surface area contributed by atoms with Crippen LogP contribution in [0.4, 0.5) is 26.3 Å². The molecule has 0 nitrogen and oxygen atoms in total. The van der Waals surface area contributed by atoms with Crippen molar-refractivity contribution in [2.24, 2.45) is 0 Å². The zero-order chi connectivity index (χ0) is 9.50. The van der Waals surface area contributed by atoms with Crippen LogP contribution in [0, 0.1) is 0 Å². The minimum atomic E-state index is -5.53. The summed E-state index contributed by atoms with van der Waals surface area (Å²) in [5.74, 6) is -10.9. The lowest BCUT2D eigenvalue weighted by atomic mass is 11.5. The molecule has 0 bridgehead atoms. The van der Waals surface area contributed by atoms with E-state index in [-0.39, 0.29) is 0 Å². The van der Waals surface area contributed by atoms with E-state index in [4.69, 9.17) is 0 Å². The Kier molecular flexibility index (Phi) is 2.96. The molecule has 0 rings (SSSR count). The molecular weight excluding hydrogens is 233 g/mol. The first kappa shape index (κ1) is 11.6. The van der Waals surface area contributed by atoms with Gasteiger partial charge in [0.15, 0.2) is 0 Å². The molecule has 0 radical (unpaired) electrons. The van der Waals surface area contributed by atoms with Gasteiger partial charge >= 0.3 is 11.8 Å². The predicted octanol–water partition coefficient (Wildman–Crippen LogP) is 3.35. The van der Waals surface area contributed by atoms with Crippen molar-refractivity contribution in [3.8, 4) is 0 Å². The summed E-state index contributed by atoms with van der Waals surface area (Å²) in [4.78, 5) is 0. The standard InChI is InChI=1S/C2HF6PS2/c3-1(4,5)9(10,11)2(6,7)8/h(H,10,11). The Balaban J connectivity index is 4.92. The van der Waals surface area contributed by atoms with Gasteiger partial charge in [-0.25, -0.2) is 0 Å². The van der Waals surface area contributed by atoms with Crippen molar-refractivity contribution in [2.45, 2.75) is 11.8 Å². The summed E-state index contributed by atoms with van der Waals surface area (Å²) < 4.78 is 68.9. The number of rotatable bonds is 0. The van der Waals surface area contributed by atoms with Gasteiger partial charge in [0.25, 0.3) is 0 Å². The molecule has 0 saturated carbocycles. The summed E-state index contributed by atoms with van der Waals surface area (Å²) in [5, 5.41) is -5.53. The maximum absolute atomic E-state index is 11.5. The molecule has 0 unspecified atom stereocenters. The Morgan fingerprint density at radius 1 is 0.909 bits per heavy atom. The number of thiol groups is 1. The second-order valence-corrected chi connectivity index (χ2v) is 7.93. The maximum atomic E-state index is 11.5. The minimum Gasteiger partial charge on any atom is -0.165 e. The molecule has 0 heterocycles. The number of halogens is 6. The summed E-state index contributed by atoms with van der Waals surface area (Å²) in [6.45, 7) is 0. The van der Waals surface area contributed by atoms with E-state index in [0.29, 0.717) is 0 Å². The first-order valence-electron chi connectivity index (χ1n) is 1.96. The van der Waals surface area contributed by atoms with Crippen LogP contribution in [0.25, 0.3) is 0 Å². The molecule has 11 heavy (non-hydrogen) atoms. The Morgan fingerprint density at radius 2 is 1.09 bits per heavy atom. The van der Waals surface area contributed by atoms with E-state index in [1.807, 2.05) is 0 Å². The molecular formula is C2HF6PS2. The highest BCUT2D eigenvalue weighted by molar-refractivity contribution is 8.64. The molecule has 0 N–H and O–H groups in total. The van der Waals surface area contributed by atoms with Crippen LogP contribution in [-0.2, 0) is 11.8 Å². The summed E-state index contributed by atoms with van der Waals surface area (Å²) in [7, 11) is 0. The van der Waals surface area contributed by atoms with Gasteiger partial charge in [0.05, 0.1) is 0 Å². The molecule has 0 aromatic rings. The van der Waals surface area contributed by atoms with Crippen LogP contribution in [0.1, 0.15) is 0 Å². The third-order valence-electron chi connectivity index (χ3n) is 0.687. The van der Waals surface area contributed by atoms with Crippen molar-refractivity contribution in [3.63, 3.8) is 0 Å². The molecule has 0 aromatic carbocycles. The van der Waals surface area contributed by atoms with Crippen molar-refractivity contribution in [3.05, 3.63) is 0 Å². The van der Waals surface area contributed by atoms with Gasteiger partial charge in [-0.1, -0.05) is 11.8 Å². The van der Waals surface area contributed by atoms with E-state index < -0.39 is 17.1 Å². The average Bonchev–Trinajstić information content (AvgIpc) is 1.58. The monoisotopic (exact) mass is 234 g/mol. The van der Waals surface area contributed by atoms with Crippen molar-refractivity contribution in [1.29, 1.82) is 0 Å². The fourth-order valence-electron chi connectivity index (χ4n) is 0.144. The third kappa shape index (κ3) is 2.26. The van der Waals surface area contributed by atoms with E-state index >= 15 is 0 Å². The van der Waals surface area contributed by atoms with Crippen LogP contribution in [0.15, 0.2) is 0 Å². The summed E-state index contributed by atoms with van der Waals surface area (Å²) >= 11 is 5.77. The molecule has 0 fully saturated rings. The van der Waals surface area contributed by atoms with E-state index in [0.717, 1.165) is 0 Å². The highest BCUT2D eigenvalue weighted by Gasteiger charge is 2.61. The summed E-state index contributed by atoms with van der Waals surface area (Å²) in [6, 6.07) is 0. The van der Waals surface area contributed by atoms with Crippen LogP contribution in [0.5, 0.6) is 0 Å². The van der Waals surface area contributed by atoms with E-state index in [2.05, 4.69) is 24.1 Å². The fourth-order valence-corrected chi connectivity index (χ4v) is 0.431. The van der Waals surface area contributed by atoms with Gasteiger partial charge in [-0.15, -0.1) is 12.2 Å². The number of alkyl halides is 6. The first-order chi connectivity index (χ1) is 4.50. The van der Waals surface area contributed by atoms with Gasteiger partial charge in [-0.05, 0) is 0 Å². The largest absolute Gasteiger partial charge is 0.431 e. The van der Waals surface area contributed by atoms with Gasteiger partial charge in [0, 0.05) is 0 Å². The van der Waals surface area contributed by atoms with Crippen molar-refractivity contribution in [2.75, 3.05) is 0 Å². The zero-order valence-electron chi connectivity index (χ0n) is 4.57. The molecule has 0 atom stereocenters. The second kappa shape index (κ2) is 2.81. The summed E-state index contributed by atoms with van der Waals surface area (Å²) in [6.07, 6.45) is 0. The normalized spacial score (nSPS) is 15.2. The molecule has 0 aliphatic rings. The van der Waals surface area contributed by atoms with Crippen molar-refractivity contribution >= 4 is 29.3 Å². The number of hydrogen-bond donors (Lipinski definition) is 1. The average molecular weight is 234 g/mol. The maximum Gasteiger partial charge on any atom is 0.431 e. The van der Waals surface area contributed by atoms with Gasteiger partial charge in [-0.2, -0.15) is 26.3 Å². The molecule has 0 spiro atoms. The predicted molar refractivity (Wildman–Crippen MR) is 35.4 cm³/mol. The second-order valence-electron chi connectivity index (χ2n) is 1.51. The lowest BCUT2D eigenvalue weighted by molar-refractivity contribution is -0.0801. The van der Waals surface area contributed by atoms with Gasteiger partial charge in [0.1, 0.15) is 0 Å². The van der Waals surface area contributed by atoms with Gasteiger partial charge in [0.2, 0.25) is 5.24 Å². The van der Waals surface area contributed by atoms with E-state index in [9.17, 15) is 26.3 Å². The molecule has 0 aromatic heterocycles. The fraction of sp³-hybridized carbons (Fsp3) is 1.00. The van der Waals surface area contributed by atoms with Gasteiger partial charge < -0.3 is 0 Å². The van der Waals surface area contributed by atoms with Crippen LogP contribution in [0.3, 0.4) is 0 Å². The van der Waals surface area contributed by atoms with Crippen molar-refractivity contribution in [1.82, 2.24) is 0 Å². The molecule has 0 amide bonds. The molecule has 0 aliphatic heterocycles. The first-order valence-corrected chi connectivity index (χ1v) is 5.92. The van der Waals surface area contributed by atoms with Crippen LogP contribution in [-0.4, -0.2) is 11.8 Å². The summed E-state index contributed by atoms with van der Waals surface area (Å²) in [5.41, 5.74) is 0. The quantitative estimate of drug-likeness (QED) is 0.381. The van der Waals surface area contributed by atoms with Crippen LogP contribution >= 0.6 is 17.5 Å². The Labute approximate surface area is 68.1 Å². The smallest absolute Gasteiger partial charge is 0.165 e. The lowest BCUT2D eigenvalue weighted by Gasteiger charge is -2.21. The molecule has 0 aliphatic carbocycles.